The summed E-state index contributed by atoms with van der Waals surface area (Å²) in [6.45, 7) is 0. The molecule has 0 bridgehead atoms. The van der Waals surface area contributed by atoms with Crippen LogP contribution in [0.15, 0.2) is 48.8 Å². The number of nitrogens with zero attached hydrogens (tertiary/aromatic N) is 4. The van der Waals surface area contributed by atoms with E-state index in [1.54, 1.807) is 35.1 Å². The van der Waals surface area contributed by atoms with E-state index in [1.807, 2.05) is 12.1 Å². The molecular formula is C16H9Cl2N5OS. The zero-order chi connectivity index (χ0) is 17.4. The molecule has 4 rings (SSSR count). The number of halogens is 2. The lowest BCUT2D eigenvalue weighted by atomic mass is 10.2. The van der Waals surface area contributed by atoms with Gasteiger partial charge in [0.1, 0.15) is 11.3 Å². The van der Waals surface area contributed by atoms with Crippen LogP contribution in [0, 0.1) is 0 Å². The van der Waals surface area contributed by atoms with Crippen molar-refractivity contribution in [2.45, 2.75) is 0 Å². The van der Waals surface area contributed by atoms with Gasteiger partial charge in [-0.1, -0.05) is 34.5 Å². The summed E-state index contributed by atoms with van der Waals surface area (Å²) in [6.07, 6.45) is 1.55. The normalized spacial score (nSPS) is 11.0. The third-order valence-electron chi connectivity index (χ3n) is 3.45. The third-order valence-corrected chi connectivity index (χ3v) is 4.98. The number of carbonyl (C=O) groups excluding carboxylic acids is 1. The zero-order valence-electron chi connectivity index (χ0n) is 12.5. The van der Waals surface area contributed by atoms with Crippen LogP contribution in [0.2, 0.25) is 10.0 Å². The fourth-order valence-electron chi connectivity index (χ4n) is 2.24. The molecule has 25 heavy (non-hydrogen) atoms. The molecule has 0 aliphatic heterocycles. The van der Waals surface area contributed by atoms with Gasteiger partial charge in [-0.05, 0) is 42.5 Å². The van der Waals surface area contributed by atoms with Crippen molar-refractivity contribution in [2.24, 2.45) is 0 Å². The van der Waals surface area contributed by atoms with Crippen LogP contribution in [0.25, 0.3) is 15.5 Å². The molecule has 2 heterocycles. The van der Waals surface area contributed by atoms with Crippen LogP contribution < -0.4 is 5.32 Å². The fourth-order valence-corrected chi connectivity index (χ4v) is 3.44. The highest BCUT2D eigenvalue weighted by molar-refractivity contribution is 7.19. The summed E-state index contributed by atoms with van der Waals surface area (Å²) in [5, 5.41) is 16.5. The van der Waals surface area contributed by atoms with Gasteiger partial charge < -0.3 is 5.32 Å². The quantitative estimate of drug-likeness (QED) is 0.563. The Labute approximate surface area is 156 Å². The monoisotopic (exact) mass is 389 g/mol. The summed E-state index contributed by atoms with van der Waals surface area (Å²) in [4.78, 5) is 13.1. The summed E-state index contributed by atoms with van der Waals surface area (Å²) in [5.41, 5.74) is 1.90. The molecule has 2 aromatic carbocycles. The number of fused-ring (bicyclic) bond motifs is 1. The van der Waals surface area contributed by atoms with Crippen molar-refractivity contribution in [3.63, 3.8) is 0 Å². The molecule has 124 valence electrons. The van der Waals surface area contributed by atoms with E-state index in [0.29, 0.717) is 21.3 Å². The van der Waals surface area contributed by atoms with Crippen molar-refractivity contribution in [2.75, 3.05) is 5.32 Å². The van der Waals surface area contributed by atoms with Crippen LogP contribution in [0.4, 0.5) is 5.69 Å². The van der Waals surface area contributed by atoms with Crippen LogP contribution in [0.5, 0.6) is 0 Å². The maximum absolute atomic E-state index is 12.3. The number of hydrogen-bond donors (Lipinski definition) is 1. The second-order valence-corrected chi connectivity index (χ2v) is 6.92. The summed E-state index contributed by atoms with van der Waals surface area (Å²) in [7, 11) is 0. The molecule has 0 aliphatic rings. The van der Waals surface area contributed by atoms with Gasteiger partial charge in [-0.25, -0.2) is 0 Å². The Hall–Kier alpha value is -2.48. The van der Waals surface area contributed by atoms with E-state index < -0.39 is 0 Å². The molecule has 2 aromatic heterocycles. The first kappa shape index (κ1) is 16.0. The number of hydrogen-bond acceptors (Lipinski definition) is 5. The molecule has 1 amide bonds. The molecule has 0 atom stereocenters. The van der Waals surface area contributed by atoms with E-state index in [1.165, 1.54) is 17.4 Å². The minimum atomic E-state index is -0.320. The number of carbonyl (C=O) groups is 1. The highest BCUT2D eigenvalue weighted by Crippen LogP contribution is 2.26. The predicted molar refractivity (Wildman–Crippen MR) is 98.5 cm³/mol. The lowest BCUT2D eigenvalue weighted by Gasteiger charge is -2.07. The summed E-state index contributed by atoms with van der Waals surface area (Å²) in [6, 6.07) is 12.1. The van der Waals surface area contributed by atoms with Crippen molar-refractivity contribution in [1.29, 1.82) is 0 Å². The first-order valence-corrected chi connectivity index (χ1v) is 8.71. The van der Waals surface area contributed by atoms with Gasteiger partial charge in [0.15, 0.2) is 0 Å². The topological polar surface area (TPSA) is 72.2 Å². The molecule has 0 aliphatic carbocycles. The van der Waals surface area contributed by atoms with Crippen LogP contribution in [-0.4, -0.2) is 25.7 Å². The molecule has 0 saturated heterocycles. The Morgan fingerprint density at radius 1 is 1.12 bits per heavy atom. The maximum Gasteiger partial charge on any atom is 0.257 e. The van der Waals surface area contributed by atoms with Gasteiger partial charge >= 0.3 is 0 Å². The van der Waals surface area contributed by atoms with E-state index in [2.05, 4.69) is 20.6 Å². The Kier molecular flexibility index (Phi) is 4.12. The van der Waals surface area contributed by atoms with E-state index in [9.17, 15) is 4.79 Å². The molecule has 1 N–H and O–H groups in total. The summed E-state index contributed by atoms with van der Waals surface area (Å²) < 4.78 is 1.62. The zero-order valence-corrected chi connectivity index (χ0v) is 14.8. The first-order chi connectivity index (χ1) is 12.1. The Bertz CT molecular complexity index is 1050. The van der Waals surface area contributed by atoms with E-state index in [0.717, 1.165) is 15.5 Å². The third kappa shape index (κ3) is 3.21. The van der Waals surface area contributed by atoms with Gasteiger partial charge in [-0.15, -0.1) is 10.2 Å². The summed E-state index contributed by atoms with van der Waals surface area (Å²) in [5.74, 6) is -0.320. The number of amides is 1. The molecule has 6 nitrogen and oxygen atoms in total. The van der Waals surface area contributed by atoms with Crippen molar-refractivity contribution in [3.05, 3.63) is 64.4 Å². The predicted octanol–water partition coefficient (Wildman–Crippen LogP) is 4.41. The molecule has 0 unspecified atom stereocenters. The van der Waals surface area contributed by atoms with Gasteiger partial charge in [-0.2, -0.15) is 9.61 Å². The van der Waals surface area contributed by atoms with E-state index >= 15 is 0 Å². The van der Waals surface area contributed by atoms with Crippen molar-refractivity contribution in [1.82, 2.24) is 19.8 Å². The van der Waals surface area contributed by atoms with Gasteiger partial charge in [-0.3, -0.25) is 4.79 Å². The Morgan fingerprint density at radius 3 is 2.68 bits per heavy atom. The van der Waals surface area contributed by atoms with Gasteiger partial charge in [0.25, 0.3) is 5.91 Å². The van der Waals surface area contributed by atoms with Crippen molar-refractivity contribution >= 4 is 51.1 Å². The summed E-state index contributed by atoms with van der Waals surface area (Å²) >= 11 is 13.4. The second-order valence-electron chi connectivity index (χ2n) is 5.12. The average Bonchev–Trinajstić information content (AvgIpc) is 3.19. The number of rotatable bonds is 3. The minimum absolute atomic E-state index is 0.320. The minimum Gasteiger partial charge on any atom is -0.322 e. The van der Waals surface area contributed by atoms with Gasteiger partial charge in [0.05, 0.1) is 10.6 Å². The molecule has 0 spiro atoms. The molecule has 9 heteroatoms. The average molecular weight is 390 g/mol. The molecule has 0 saturated carbocycles. The maximum atomic E-state index is 12.3. The highest BCUT2D eigenvalue weighted by Gasteiger charge is 2.12. The number of aromatic nitrogens is 4. The number of anilines is 1. The number of benzene rings is 2. The number of nitrogens with one attached hydrogen (secondary N) is 1. The molecule has 0 radical (unpaired) electrons. The smallest absolute Gasteiger partial charge is 0.257 e. The van der Waals surface area contributed by atoms with Gasteiger partial charge in [0, 0.05) is 16.3 Å². The van der Waals surface area contributed by atoms with Gasteiger partial charge in [0.2, 0.25) is 4.96 Å². The lowest BCUT2D eigenvalue weighted by molar-refractivity contribution is 0.102. The van der Waals surface area contributed by atoms with Crippen LogP contribution in [-0.2, 0) is 0 Å². The van der Waals surface area contributed by atoms with Crippen LogP contribution >= 0.6 is 34.5 Å². The molecular weight excluding hydrogens is 381 g/mol. The molecule has 0 fully saturated rings. The second kappa shape index (κ2) is 6.44. The fraction of sp³-hybridized carbons (Fsp3) is 0. The molecule has 4 aromatic rings. The van der Waals surface area contributed by atoms with Crippen molar-refractivity contribution in [3.8, 4) is 10.6 Å². The highest BCUT2D eigenvalue weighted by atomic mass is 35.5. The van der Waals surface area contributed by atoms with E-state index in [4.69, 9.17) is 23.2 Å². The van der Waals surface area contributed by atoms with Crippen LogP contribution in [0.1, 0.15) is 10.4 Å². The standard InChI is InChI=1S/C16H9Cl2N5OS/c17-10-3-6-13(18)12(7-10)14(24)20-11-4-1-9(2-5-11)15-22-23-8-19-21-16(23)25-15/h1-8H,(H,20,24). The van der Waals surface area contributed by atoms with E-state index in [-0.39, 0.29) is 5.91 Å². The van der Waals surface area contributed by atoms with Crippen molar-refractivity contribution < 1.29 is 4.79 Å². The Morgan fingerprint density at radius 2 is 1.92 bits per heavy atom. The van der Waals surface area contributed by atoms with Crippen LogP contribution in [0.3, 0.4) is 0 Å². The SMILES string of the molecule is O=C(Nc1ccc(-c2nn3cnnc3s2)cc1)c1cc(Cl)ccc1Cl. The Balaban J connectivity index is 1.55. The first-order valence-electron chi connectivity index (χ1n) is 7.14. The lowest BCUT2D eigenvalue weighted by Crippen LogP contribution is -2.12. The largest absolute Gasteiger partial charge is 0.322 e.